The minimum atomic E-state index is -4.65. The fourth-order valence-corrected chi connectivity index (χ4v) is 3.65. The van der Waals surface area contributed by atoms with Crippen LogP contribution in [0.15, 0.2) is 72.8 Å². The first kappa shape index (κ1) is 22.2. The molecule has 164 valence electrons. The van der Waals surface area contributed by atoms with Gasteiger partial charge in [0.25, 0.3) is 0 Å². The minimum absolute atomic E-state index is 0.120. The van der Waals surface area contributed by atoms with Gasteiger partial charge in [-0.1, -0.05) is 53.5 Å². The van der Waals surface area contributed by atoms with Crippen LogP contribution >= 0.6 is 23.2 Å². The van der Waals surface area contributed by atoms with Gasteiger partial charge < -0.3 is 4.74 Å². The first-order chi connectivity index (χ1) is 15.2. The van der Waals surface area contributed by atoms with E-state index in [1.54, 1.807) is 42.5 Å². The van der Waals surface area contributed by atoms with Crippen molar-refractivity contribution in [3.63, 3.8) is 0 Å². The summed E-state index contributed by atoms with van der Waals surface area (Å²) in [6, 6.07) is 18.4. The number of alkyl halides is 3. The fraction of sp³-hybridized carbons (Fsp3) is 0.0870. The second kappa shape index (κ2) is 8.84. The summed E-state index contributed by atoms with van der Waals surface area (Å²) in [6.07, 6.45) is -4.65. The molecule has 0 amide bonds. The Bertz CT molecular complexity index is 1220. The molecule has 3 nitrogen and oxygen atoms in total. The Hall–Kier alpha value is -3.03. The maximum atomic E-state index is 13.3. The largest absolute Gasteiger partial charge is 0.487 e. The van der Waals surface area contributed by atoms with Crippen molar-refractivity contribution in [1.29, 1.82) is 0 Å². The van der Waals surface area contributed by atoms with Gasteiger partial charge in [0, 0.05) is 0 Å². The normalized spacial score (nSPS) is 11.6. The van der Waals surface area contributed by atoms with E-state index in [1.807, 2.05) is 0 Å². The minimum Gasteiger partial charge on any atom is -0.487 e. The molecule has 0 N–H and O–H groups in total. The third kappa shape index (κ3) is 4.74. The van der Waals surface area contributed by atoms with E-state index in [2.05, 4.69) is 5.10 Å². The fourth-order valence-electron chi connectivity index (χ4n) is 3.09. The molecule has 0 saturated carbocycles. The maximum absolute atomic E-state index is 13.3. The number of ether oxygens (including phenoxy) is 1. The molecule has 3 aromatic carbocycles. The van der Waals surface area contributed by atoms with E-state index in [9.17, 15) is 17.6 Å². The van der Waals surface area contributed by atoms with Crippen molar-refractivity contribution in [2.45, 2.75) is 12.8 Å². The molecule has 0 atom stereocenters. The van der Waals surface area contributed by atoms with Crippen LogP contribution in [-0.2, 0) is 12.8 Å². The lowest BCUT2D eigenvalue weighted by Gasteiger charge is -2.12. The van der Waals surface area contributed by atoms with Crippen molar-refractivity contribution in [2.75, 3.05) is 0 Å². The summed E-state index contributed by atoms with van der Waals surface area (Å²) in [5.74, 6) is 0.101. The van der Waals surface area contributed by atoms with Crippen LogP contribution in [0.5, 0.6) is 5.75 Å². The van der Waals surface area contributed by atoms with Gasteiger partial charge in [-0.2, -0.15) is 18.3 Å². The third-order valence-corrected chi connectivity index (χ3v) is 5.25. The number of hydrogen-bond donors (Lipinski definition) is 0. The summed E-state index contributed by atoms with van der Waals surface area (Å²) < 4.78 is 59.7. The first-order valence-electron chi connectivity index (χ1n) is 9.32. The van der Waals surface area contributed by atoms with E-state index in [4.69, 9.17) is 27.9 Å². The van der Waals surface area contributed by atoms with E-state index in [-0.39, 0.29) is 33.9 Å². The van der Waals surface area contributed by atoms with E-state index < -0.39 is 11.9 Å². The molecule has 4 rings (SSSR count). The van der Waals surface area contributed by atoms with E-state index in [1.165, 1.54) is 24.3 Å². The SMILES string of the molecule is Fc1ccc(-c2ccc(OCc3cc(C(F)(F)F)nn3-c3c(Cl)cccc3Cl)cc2)cc1. The highest BCUT2D eigenvalue weighted by Crippen LogP contribution is 2.34. The van der Waals surface area contributed by atoms with Gasteiger partial charge in [0.2, 0.25) is 0 Å². The molecular weight excluding hydrogens is 467 g/mol. The molecule has 0 unspecified atom stereocenters. The van der Waals surface area contributed by atoms with Crippen LogP contribution in [0.3, 0.4) is 0 Å². The molecule has 0 fully saturated rings. The lowest BCUT2D eigenvalue weighted by atomic mass is 10.1. The predicted molar refractivity (Wildman–Crippen MR) is 115 cm³/mol. The number of aromatic nitrogens is 2. The van der Waals surface area contributed by atoms with Gasteiger partial charge in [-0.05, 0) is 53.6 Å². The summed E-state index contributed by atoms with van der Waals surface area (Å²) in [5, 5.41) is 3.96. The zero-order valence-electron chi connectivity index (χ0n) is 16.2. The number of nitrogens with zero attached hydrogens (tertiary/aromatic N) is 2. The average molecular weight is 481 g/mol. The summed E-state index contributed by atoms with van der Waals surface area (Å²) in [7, 11) is 0. The predicted octanol–water partition coefficient (Wildman–Crippen LogP) is 7.58. The number of benzene rings is 3. The summed E-state index contributed by atoms with van der Waals surface area (Å²) in [5.41, 5.74) is 0.828. The summed E-state index contributed by atoms with van der Waals surface area (Å²) in [6.45, 7) is -0.208. The zero-order valence-corrected chi connectivity index (χ0v) is 17.7. The molecule has 0 aliphatic heterocycles. The van der Waals surface area contributed by atoms with Crippen LogP contribution in [0.25, 0.3) is 16.8 Å². The molecule has 4 aromatic rings. The van der Waals surface area contributed by atoms with E-state index in [0.29, 0.717) is 5.75 Å². The van der Waals surface area contributed by atoms with Gasteiger partial charge in [0.05, 0.1) is 15.7 Å². The Balaban J connectivity index is 1.60. The molecule has 1 aromatic heterocycles. The maximum Gasteiger partial charge on any atom is 0.435 e. The standard InChI is InChI=1S/C23H14Cl2F4N2O/c24-19-2-1-3-20(25)22(19)31-17(12-21(30-31)23(27,28)29)13-32-18-10-6-15(7-11-18)14-4-8-16(26)9-5-14/h1-12H,13H2. The van der Waals surface area contributed by atoms with Crippen LogP contribution in [0.2, 0.25) is 10.0 Å². The second-order valence-corrected chi connectivity index (χ2v) is 7.64. The molecule has 0 aliphatic carbocycles. The third-order valence-electron chi connectivity index (χ3n) is 4.64. The second-order valence-electron chi connectivity index (χ2n) is 6.82. The van der Waals surface area contributed by atoms with Crippen LogP contribution in [0.1, 0.15) is 11.4 Å². The van der Waals surface area contributed by atoms with Gasteiger partial charge >= 0.3 is 6.18 Å². The molecule has 0 radical (unpaired) electrons. The van der Waals surface area contributed by atoms with Crippen LogP contribution < -0.4 is 4.74 Å². The smallest absolute Gasteiger partial charge is 0.435 e. The average Bonchev–Trinajstić information content (AvgIpc) is 3.17. The highest BCUT2D eigenvalue weighted by atomic mass is 35.5. The van der Waals surface area contributed by atoms with Crippen molar-refractivity contribution >= 4 is 23.2 Å². The van der Waals surface area contributed by atoms with Crippen molar-refractivity contribution in [2.24, 2.45) is 0 Å². The van der Waals surface area contributed by atoms with Crippen LogP contribution in [0.4, 0.5) is 17.6 Å². The Labute approximate surface area is 190 Å². The topological polar surface area (TPSA) is 27.1 Å². The number of halogens is 6. The lowest BCUT2D eigenvalue weighted by molar-refractivity contribution is -0.141. The van der Waals surface area contributed by atoms with Crippen molar-refractivity contribution in [3.8, 4) is 22.6 Å². The first-order valence-corrected chi connectivity index (χ1v) is 10.1. The number of rotatable bonds is 5. The van der Waals surface area contributed by atoms with Gasteiger partial charge in [0.1, 0.15) is 23.9 Å². The Kier molecular flexibility index (Phi) is 6.13. The molecule has 32 heavy (non-hydrogen) atoms. The summed E-state index contributed by atoms with van der Waals surface area (Å²) >= 11 is 12.3. The molecule has 1 heterocycles. The van der Waals surface area contributed by atoms with Gasteiger partial charge in [0.15, 0.2) is 5.69 Å². The molecule has 9 heteroatoms. The monoisotopic (exact) mass is 480 g/mol. The zero-order chi connectivity index (χ0) is 22.9. The lowest BCUT2D eigenvalue weighted by Crippen LogP contribution is -2.09. The molecule has 0 aliphatic rings. The highest BCUT2D eigenvalue weighted by molar-refractivity contribution is 6.37. The Morgan fingerprint density at radius 3 is 1.97 bits per heavy atom. The number of hydrogen-bond acceptors (Lipinski definition) is 2. The van der Waals surface area contributed by atoms with Crippen molar-refractivity contribution in [1.82, 2.24) is 9.78 Å². The van der Waals surface area contributed by atoms with Crippen molar-refractivity contribution in [3.05, 3.63) is 100 Å². The molecule has 0 bridgehead atoms. The Morgan fingerprint density at radius 2 is 1.41 bits per heavy atom. The molecular formula is C23H14Cl2F4N2O. The Morgan fingerprint density at radius 1 is 0.844 bits per heavy atom. The van der Waals surface area contributed by atoms with E-state index in [0.717, 1.165) is 21.9 Å². The van der Waals surface area contributed by atoms with Gasteiger partial charge in [-0.15, -0.1) is 0 Å². The van der Waals surface area contributed by atoms with E-state index >= 15 is 0 Å². The molecule has 0 spiro atoms. The number of para-hydroxylation sites is 1. The van der Waals surface area contributed by atoms with Gasteiger partial charge in [-0.3, -0.25) is 0 Å². The molecule has 0 saturated heterocycles. The van der Waals surface area contributed by atoms with Crippen LogP contribution in [-0.4, -0.2) is 9.78 Å². The highest BCUT2D eigenvalue weighted by Gasteiger charge is 2.35. The van der Waals surface area contributed by atoms with Crippen molar-refractivity contribution < 1.29 is 22.3 Å². The van der Waals surface area contributed by atoms with Gasteiger partial charge in [-0.25, -0.2) is 9.07 Å². The quantitative estimate of drug-likeness (QED) is 0.275. The van der Waals surface area contributed by atoms with Crippen LogP contribution in [0, 0.1) is 5.82 Å². The summed E-state index contributed by atoms with van der Waals surface area (Å²) in [4.78, 5) is 0.